The standard InChI is InChI=1S/C10H29NO2Si3/c1-9(2)11(10(3)4)16(12-14(5)6)13-15(7)8/h9-10,14-16H,1-8H3. The van der Waals surface area contributed by atoms with Gasteiger partial charge in [-0.2, -0.15) is 0 Å². The molecule has 0 saturated heterocycles. The average Bonchev–Trinajstić information content (AvgIpc) is 1.98. The highest BCUT2D eigenvalue weighted by molar-refractivity contribution is 6.66. The molecule has 0 saturated carbocycles. The van der Waals surface area contributed by atoms with E-state index in [1.54, 1.807) is 0 Å². The van der Waals surface area contributed by atoms with E-state index in [2.05, 4.69) is 58.4 Å². The van der Waals surface area contributed by atoms with Crippen LogP contribution in [0.4, 0.5) is 0 Å². The fourth-order valence-corrected chi connectivity index (χ4v) is 8.38. The third-order valence-corrected chi connectivity index (χ3v) is 10.1. The third-order valence-electron chi connectivity index (χ3n) is 2.21. The van der Waals surface area contributed by atoms with Crippen molar-refractivity contribution in [3.8, 4) is 0 Å². The van der Waals surface area contributed by atoms with Crippen LogP contribution in [-0.4, -0.2) is 44.2 Å². The second kappa shape index (κ2) is 7.78. The molecule has 0 rings (SSSR count). The Hall–Kier alpha value is 0.531. The van der Waals surface area contributed by atoms with Gasteiger partial charge < -0.3 is 8.23 Å². The van der Waals surface area contributed by atoms with Gasteiger partial charge in [-0.05, 0) is 26.2 Å². The Bertz CT molecular complexity index is 171. The Morgan fingerprint density at radius 1 is 0.750 bits per heavy atom. The third kappa shape index (κ3) is 6.31. The Morgan fingerprint density at radius 3 is 1.25 bits per heavy atom. The van der Waals surface area contributed by atoms with Crippen LogP contribution in [0.5, 0.6) is 0 Å². The van der Waals surface area contributed by atoms with Crippen molar-refractivity contribution in [3.05, 3.63) is 0 Å². The first-order valence-corrected chi connectivity index (χ1v) is 13.4. The maximum Gasteiger partial charge on any atom is 0.390 e. The van der Waals surface area contributed by atoms with E-state index < -0.39 is 27.5 Å². The zero-order valence-corrected chi connectivity index (χ0v) is 15.6. The van der Waals surface area contributed by atoms with Crippen LogP contribution in [0.3, 0.4) is 0 Å². The first kappa shape index (κ1) is 16.5. The summed E-state index contributed by atoms with van der Waals surface area (Å²) < 4.78 is 14.8. The van der Waals surface area contributed by atoms with Gasteiger partial charge in [0.15, 0.2) is 18.1 Å². The van der Waals surface area contributed by atoms with Crippen LogP contribution in [0.1, 0.15) is 27.7 Å². The lowest BCUT2D eigenvalue weighted by Crippen LogP contribution is -2.54. The molecule has 0 unspecified atom stereocenters. The maximum atomic E-state index is 6.16. The van der Waals surface area contributed by atoms with Gasteiger partial charge in [-0.3, -0.25) is 4.57 Å². The van der Waals surface area contributed by atoms with Gasteiger partial charge in [-0.15, -0.1) is 0 Å². The van der Waals surface area contributed by atoms with Crippen molar-refractivity contribution >= 4 is 27.5 Å². The minimum atomic E-state index is -1.62. The number of hydrogen-bond acceptors (Lipinski definition) is 3. The molecule has 0 aliphatic rings. The molecular formula is C10H29NO2Si3. The minimum absolute atomic E-state index is 0.511. The van der Waals surface area contributed by atoms with Crippen LogP contribution in [-0.2, 0) is 8.23 Å². The molecule has 0 aliphatic heterocycles. The van der Waals surface area contributed by atoms with E-state index in [1.165, 1.54) is 0 Å². The van der Waals surface area contributed by atoms with E-state index in [4.69, 9.17) is 8.23 Å². The molecule has 0 atom stereocenters. The van der Waals surface area contributed by atoms with Crippen LogP contribution in [0.15, 0.2) is 0 Å². The van der Waals surface area contributed by atoms with Crippen molar-refractivity contribution in [3.63, 3.8) is 0 Å². The SMILES string of the molecule is CC(C)N(C(C)C)[SiH](O[SiH](C)C)O[SiH](C)C. The Labute approximate surface area is 107 Å². The van der Waals surface area contributed by atoms with E-state index in [0.717, 1.165) is 0 Å². The summed E-state index contributed by atoms with van der Waals surface area (Å²) in [6, 6.07) is 1.02. The predicted octanol–water partition coefficient (Wildman–Crippen LogP) is 1.82. The summed E-state index contributed by atoms with van der Waals surface area (Å²) >= 11 is 0. The van der Waals surface area contributed by atoms with E-state index >= 15 is 0 Å². The molecule has 6 heteroatoms. The molecule has 0 heterocycles. The zero-order valence-electron chi connectivity index (χ0n) is 12.2. The number of nitrogens with zero attached hydrogens (tertiary/aromatic N) is 1. The fraction of sp³-hybridized carbons (Fsp3) is 1.00. The first-order valence-electron chi connectivity index (χ1n) is 6.34. The van der Waals surface area contributed by atoms with Gasteiger partial charge in [-0.25, -0.2) is 0 Å². The largest absolute Gasteiger partial charge is 0.430 e. The Kier molecular flexibility index (Phi) is 8.04. The first-order chi connectivity index (χ1) is 7.25. The highest BCUT2D eigenvalue weighted by atomic mass is 28.4. The molecule has 0 radical (unpaired) electrons. The molecule has 0 aliphatic carbocycles. The lowest BCUT2D eigenvalue weighted by Gasteiger charge is -2.37. The molecule has 0 aromatic rings. The van der Waals surface area contributed by atoms with Crippen LogP contribution < -0.4 is 0 Å². The van der Waals surface area contributed by atoms with Crippen molar-refractivity contribution in [2.75, 3.05) is 0 Å². The summed E-state index contributed by atoms with van der Waals surface area (Å²) in [6.45, 7) is 17.8. The smallest absolute Gasteiger partial charge is 0.390 e. The average molecular weight is 280 g/mol. The predicted molar refractivity (Wildman–Crippen MR) is 79.2 cm³/mol. The molecule has 0 amide bonds. The van der Waals surface area contributed by atoms with E-state index in [1.807, 2.05) is 0 Å². The lowest BCUT2D eigenvalue weighted by atomic mass is 10.3. The van der Waals surface area contributed by atoms with Gasteiger partial charge in [0.25, 0.3) is 0 Å². The van der Waals surface area contributed by atoms with Crippen molar-refractivity contribution < 1.29 is 8.23 Å². The highest BCUT2D eigenvalue weighted by Gasteiger charge is 2.29. The van der Waals surface area contributed by atoms with Crippen molar-refractivity contribution in [1.82, 2.24) is 4.57 Å². The molecule has 0 fully saturated rings. The maximum absolute atomic E-state index is 6.16. The quantitative estimate of drug-likeness (QED) is 0.664. The summed E-state index contributed by atoms with van der Waals surface area (Å²) in [4.78, 5) is 0. The molecule has 0 bridgehead atoms. The van der Waals surface area contributed by atoms with Gasteiger partial charge in [0.05, 0.1) is 0 Å². The number of rotatable bonds is 7. The fourth-order valence-electron chi connectivity index (χ4n) is 1.72. The van der Waals surface area contributed by atoms with Crippen LogP contribution in [0.2, 0.25) is 26.2 Å². The highest BCUT2D eigenvalue weighted by Crippen LogP contribution is 2.12. The minimum Gasteiger partial charge on any atom is -0.430 e. The summed E-state index contributed by atoms with van der Waals surface area (Å²) in [5.74, 6) is 0. The van der Waals surface area contributed by atoms with Gasteiger partial charge in [0.1, 0.15) is 0 Å². The molecule has 3 nitrogen and oxygen atoms in total. The number of hydrogen-bond donors (Lipinski definition) is 0. The van der Waals surface area contributed by atoms with Gasteiger partial charge in [0.2, 0.25) is 0 Å². The van der Waals surface area contributed by atoms with Crippen molar-refractivity contribution in [2.24, 2.45) is 0 Å². The molecular weight excluding hydrogens is 250 g/mol. The molecule has 0 N–H and O–H groups in total. The van der Waals surface area contributed by atoms with Crippen molar-refractivity contribution in [2.45, 2.75) is 66.0 Å². The van der Waals surface area contributed by atoms with Crippen LogP contribution in [0, 0.1) is 0 Å². The molecule has 0 aromatic carbocycles. The van der Waals surface area contributed by atoms with Crippen LogP contribution >= 0.6 is 0 Å². The summed E-state index contributed by atoms with van der Waals surface area (Å²) in [5.41, 5.74) is 0. The normalized spacial score (nSPS) is 13.1. The van der Waals surface area contributed by atoms with E-state index in [-0.39, 0.29) is 0 Å². The van der Waals surface area contributed by atoms with Crippen molar-refractivity contribution in [1.29, 1.82) is 0 Å². The molecule has 0 spiro atoms. The van der Waals surface area contributed by atoms with Crippen LogP contribution in [0.25, 0.3) is 0 Å². The van der Waals surface area contributed by atoms with Gasteiger partial charge in [0, 0.05) is 12.1 Å². The summed E-state index contributed by atoms with van der Waals surface area (Å²) in [5, 5.41) is 0. The monoisotopic (exact) mass is 279 g/mol. The Balaban J connectivity index is 4.67. The Morgan fingerprint density at radius 2 is 1.06 bits per heavy atom. The summed E-state index contributed by atoms with van der Waals surface area (Å²) in [7, 11) is -3.64. The van der Waals surface area contributed by atoms with E-state index in [0.29, 0.717) is 12.1 Å². The molecule has 98 valence electrons. The lowest BCUT2D eigenvalue weighted by molar-refractivity contribution is 0.219. The second-order valence-corrected chi connectivity index (χ2v) is 12.9. The van der Waals surface area contributed by atoms with Gasteiger partial charge >= 0.3 is 9.45 Å². The summed E-state index contributed by atoms with van der Waals surface area (Å²) in [6.07, 6.45) is 0. The van der Waals surface area contributed by atoms with Gasteiger partial charge in [-0.1, -0.05) is 27.7 Å². The van der Waals surface area contributed by atoms with E-state index in [9.17, 15) is 0 Å². The zero-order chi connectivity index (χ0) is 12.9. The second-order valence-electron chi connectivity index (χ2n) is 5.31. The topological polar surface area (TPSA) is 21.7 Å². The molecule has 0 aromatic heterocycles. The molecule has 16 heavy (non-hydrogen) atoms.